The topological polar surface area (TPSA) is 133 Å². The van der Waals surface area contributed by atoms with E-state index in [9.17, 15) is 18.4 Å². The van der Waals surface area contributed by atoms with Crippen molar-refractivity contribution in [3.05, 3.63) is 52.6 Å². The van der Waals surface area contributed by atoms with E-state index in [-0.39, 0.29) is 58.6 Å². The summed E-state index contributed by atoms with van der Waals surface area (Å²) in [5.41, 5.74) is 2.63. The zero-order chi connectivity index (χ0) is 24.1. The molecule has 0 spiro atoms. The number of aryl methyl sites for hydroxylation is 1. The lowest BCUT2D eigenvalue weighted by molar-refractivity contribution is 0.126. The van der Waals surface area contributed by atoms with E-state index in [1.54, 1.807) is 13.8 Å². The number of hydrogen-bond donors (Lipinski definition) is 3. The molecule has 0 aliphatic rings. The number of pyridine rings is 1. The summed E-state index contributed by atoms with van der Waals surface area (Å²) in [5, 5.41) is 15.8. The number of nitrogens with one attached hydrogen (secondary N) is 2. The van der Waals surface area contributed by atoms with Crippen LogP contribution in [0.1, 0.15) is 18.5 Å². The summed E-state index contributed by atoms with van der Waals surface area (Å²) in [6, 6.07) is 2.93. The van der Waals surface area contributed by atoms with Crippen LogP contribution in [0, 0.1) is 18.6 Å². The molecule has 13 heteroatoms. The van der Waals surface area contributed by atoms with E-state index in [1.807, 2.05) is 0 Å². The Morgan fingerprint density at radius 1 is 1.24 bits per heavy atom. The van der Waals surface area contributed by atoms with Crippen molar-refractivity contribution in [1.29, 1.82) is 0 Å². The molecule has 0 atom stereocenters. The molecule has 0 unspecified atom stereocenters. The first-order valence-corrected chi connectivity index (χ1v) is 10.1. The number of carboxylic acid groups (broad SMARTS) is 1. The lowest BCUT2D eigenvalue weighted by Crippen LogP contribution is -2.49. The number of aromatic nitrogens is 3. The quantitative estimate of drug-likeness (QED) is 0.457. The van der Waals surface area contributed by atoms with Gasteiger partial charge in [0.2, 0.25) is 11.7 Å². The summed E-state index contributed by atoms with van der Waals surface area (Å²) in [5.74, 6) is -1.18. The molecule has 3 aromatic rings. The van der Waals surface area contributed by atoms with Crippen LogP contribution in [0.2, 0.25) is 5.02 Å². The van der Waals surface area contributed by atoms with Crippen molar-refractivity contribution in [2.75, 3.05) is 13.1 Å². The Bertz CT molecular complexity index is 1190. The van der Waals surface area contributed by atoms with Gasteiger partial charge in [-0.3, -0.25) is 4.98 Å². The monoisotopic (exact) mass is 480 g/mol. The molecule has 3 rings (SSSR count). The Kier molecular flexibility index (Phi) is 7.38. The van der Waals surface area contributed by atoms with Crippen LogP contribution in [0.4, 0.5) is 18.4 Å². The minimum atomic E-state index is -1.32. The third kappa shape index (κ3) is 5.71. The number of urea groups is 1. The summed E-state index contributed by atoms with van der Waals surface area (Å²) >= 11 is 6.00. The zero-order valence-corrected chi connectivity index (χ0v) is 18.3. The molecule has 0 aliphatic carbocycles. The molecule has 3 N–H and O–H groups in total. The standard InChI is InChI=1S/C20H19ClF2N6O4/c1-3-29(20(31)32)27-19(30)24-5-4-16-14(22)6-11(9-25-16)13-7-12(21)8-15(23)17(13)18-26-10(2)33-28-18/h6-9H,3-5H2,1-2H3,(H,31,32)(H2,24,27,30). The second-order valence-corrected chi connectivity index (χ2v) is 7.18. The summed E-state index contributed by atoms with van der Waals surface area (Å²) in [7, 11) is 0. The van der Waals surface area contributed by atoms with E-state index in [1.165, 1.54) is 12.3 Å². The van der Waals surface area contributed by atoms with Crippen LogP contribution in [-0.4, -0.2) is 50.5 Å². The van der Waals surface area contributed by atoms with Gasteiger partial charge in [-0.05, 0) is 30.7 Å². The van der Waals surface area contributed by atoms with Gasteiger partial charge in [0, 0.05) is 43.2 Å². The summed E-state index contributed by atoms with van der Waals surface area (Å²) in [6.07, 6.45) is 0.0479. The van der Waals surface area contributed by atoms with Crippen molar-refractivity contribution in [3.63, 3.8) is 0 Å². The molecule has 2 heterocycles. The number of carbonyl (C=O) groups is 2. The third-order valence-electron chi connectivity index (χ3n) is 4.47. The molecule has 0 saturated heterocycles. The third-order valence-corrected chi connectivity index (χ3v) is 4.68. The van der Waals surface area contributed by atoms with Gasteiger partial charge in [0.05, 0.1) is 11.3 Å². The normalized spacial score (nSPS) is 10.7. The van der Waals surface area contributed by atoms with Crippen molar-refractivity contribution in [1.82, 2.24) is 30.9 Å². The highest BCUT2D eigenvalue weighted by Gasteiger charge is 2.20. The van der Waals surface area contributed by atoms with Crippen molar-refractivity contribution >= 4 is 23.7 Å². The number of carbonyl (C=O) groups excluding carboxylic acids is 1. The molecule has 0 bridgehead atoms. The van der Waals surface area contributed by atoms with Gasteiger partial charge in [0.25, 0.3) is 0 Å². The van der Waals surface area contributed by atoms with Gasteiger partial charge >= 0.3 is 12.1 Å². The molecular weight excluding hydrogens is 462 g/mol. The zero-order valence-electron chi connectivity index (χ0n) is 17.5. The van der Waals surface area contributed by atoms with Gasteiger partial charge in [-0.2, -0.15) is 4.98 Å². The van der Waals surface area contributed by atoms with E-state index in [0.717, 1.165) is 12.1 Å². The van der Waals surface area contributed by atoms with Crippen LogP contribution >= 0.6 is 11.6 Å². The number of nitrogens with zero attached hydrogens (tertiary/aromatic N) is 4. The summed E-state index contributed by atoms with van der Waals surface area (Å²) < 4.78 is 34.3. The average molecular weight is 481 g/mol. The van der Waals surface area contributed by atoms with E-state index in [4.69, 9.17) is 21.2 Å². The number of hydrazine groups is 1. The van der Waals surface area contributed by atoms with Gasteiger partial charge in [0.1, 0.15) is 11.6 Å². The number of benzene rings is 1. The van der Waals surface area contributed by atoms with Crippen molar-refractivity contribution in [3.8, 4) is 22.5 Å². The van der Waals surface area contributed by atoms with Crippen LogP contribution in [-0.2, 0) is 6.42 Å². The van der Waals surface area contributed by atoms with Crippen LogP contribution in [0.3, 0.4) is 0 Å². The first-order chi connectivity index (χ1) is 15.7. The highest BCUT2D eigenvalue weighted by Crippen LogP contribution is 2.35. The molecule has 0 saturated carbocycles. The minimum Gasteiger partial charge on any atom is -0.464 e. The predicted molar refractivity (Wildman–Crippen MR) is 113 cm³/mol. The summed E-state index contributed by atoms with van der Waals surface area (Å²) in [4.78, 5) is 30.8. The van der Waals surface area contributed by atoms with Gasteiger partial charge in [-0.15, -0.1) is 0 Å². The molecule has 3 amide bonds. The van der Waals surface area contributed by atoms with E-state index in [0.29, 0.717) is 5.01 Å². The maximum absolute atomic E-state index is 14.7. The Balaban J connectivity index is 1.76. The van der Waals surface area contributed by atoms with E-state index in [2.05, 4.69) is 25.9 Å². The fraction of sp³-hybridized carbons (Fsp3) is 0.250. The van der Waals surface area contributed by atoms with Gasteiger partial charge < -0.3 is 14.9 Å². The Labute approximate surface area is 191 Å². The maximum atomic E-state index is 14.7. The first kappa shape index (κ1) is 23.9. The highest BCUT2D eigenvalue weighted by molar-refractivity contribution is 6.31. The van der Waals surface area contributed by atoms with Crippen molar-refractivity contribution in [2.45, 2.75) is 20.3 Å². The smallest absolute Gasteiger partial charge is 0.426 e. The van der Waals surface area contributed by atoms with Crippen molar-refractivity contribution < 1.29 is 28.0 Å². The molecule has 2 aromatic heterocycles. The SMILES string of the molecule is CCN(NC(=O)NCCc1ncc(-c2cc(Cl)cc(F)c2-c2noc(C)n2)cc1F)C(=O)O. The van der Waals surface area contributed by atoms with Crippen LogP contribution in [0.15, 0.2) is 28.9 Å². The molecule has 0 fully saturated rings. The minimum absolute atomic E-state index is 0.00848. The first-order valence-electron chi connectivity index (χ1n) is 9.69. The Hall–Kier alpha value is -3.80. The number of hydrogen-bond acceptors (Lipinski definition) is 6. The second-order valence-electron chi connectivity index (χ2n) is 6.74. The maximum Gasteiger partial charge on any atom is 0.426 e. The fourth-order valence-electron chi connectivity index (χ4n) is 2.95. The van der Waals surface area contributed by atoms with E-state index < -0.39 is 23.8 Å². The highest BCUT2D eigenvalue weighted by atomic mass is 35.5. The predicted octanol–water partition coefficient (Wildman–Crippen LogP) is 3.80. The van der Waals surface area contributed by atoms with E-state index >= 15 is 0 Å². The molecule has 174 valence electrons. The lowest BCUT2D eigenvalue weighted by Gasteiger charge is -2.18. The Morgan fingerprint density at radius 2 is 2.00 bits per heavy atom. The molecule has 10 nitrogen and oxygen atoms in total. The number of halogens is 3. The Morgan fingerprint density at radius 3 is 2.61 bits per heavy atom. The molecular formula is C20H19ClF2N6O4. The van der Waals surface area contributed by atoms with Crippen molar-refractivity contribution in [2.24, 2.45) is 0 Å². The number of amides is 3. The van der Waals surface area contributed by atoms with Gasteiger partial charge in [0.15, 0.2) is 0 Å². The molecule has 1 aromatic carbocycles. The lowest BCUT2D eigenvalue weighted by atomic mass is 9.99. The molecule has 33 heavy (non-hydrogen) atoms. The van der Waals surface area contributed by atoms with Crippen LogP contribution in [0.5, 0.6) is 0 Å². The molecule has 0 radical (unpaired) electrons. The summed E-state index contributed by atoms with van der Waals surface area (Å²) in [6.45, 7) is 3.14. The van der Waals surface area contributed by atoms with Gasteiger partial charge in [-0.25, -0.2) is 28.8 Å². The average Bonchev–Trinajstić information content (AvgIpc) is 3.18. The van der Waals surface area contributed by atoms with Crippen LogP contribution in [0.25, 0.3) is 22.5 Å². The largest absolute Gasteiger partial charge is 0.464 e. The second kappa shape index (κ2) is 10.2. The number of rotatable bonds is 6. The molecule has 0 aliphatic heterocycles. The fourth-order valence-corrected chi connectivity index (χ4v) is 3.15. The van der Waals surface area contributed by atoms with Crippen LogP contribution < -0.4 is 10.7 Å². The van der Waals surface area contributed by atoms with Gasteiger partial charge in [-0.1, -0.05) is 16.8 Å².